The average Bonchev–Trinajstić information content (AvgIpc) is 2.30. The predicted octanol–water partition coefficient (Wildman–Crippen LogP) is -0.460. The summed E-state index contributed by atoms with van der Waals surface area (Å²) in [6, 6.07) is 5.66. The van der Waals surface area contributed by atoms with Crippen molar-refractivity contribution in [3.05, 3.63) is 35.4 Å². The first-order valence-corrected chi connectivity index (χ1v) is 4.24. The molecule has 16 heavy (non-hydrogen) atoms. The lowest BCUT2D eigenvalue weighted by Gasteiger charge is -2.09. The van der Waals surface area contributed by atoms with Crippen molar-refractivity contribution in [3.63, 3.8) is 0 Å². The summed E-state index contributed by atoms with van der Waals surface area (Å²) in [5.41, 5.74) is 4.92. The zero-order valence-electron chi connectivity index (χ0n) is 8.12. The number of carbonyl (C=O) groups excluding carboxylic acids is 4. The Morgan fingerprint density at radius 1 is 1.06 bits per heavy atom. The highest BCUT2D eigenvalue weighted by Gasteiger charge is 2.19. The van der Waals surface area contributed by atoms with Crippen molar-refractivity contribution in [2.24, 2.45) is 5.73 Å². The summed E-state index contributed by atoms with van der Waals surface area (Å²) < 4.78 is 0. The van der Waals surface area contributed by atoms with Gasteiger partial charge in [-0.3, -0.25) is 19.2 Å². The molecule has 0 aromatic heterocycles. The van der Waals surface area contributed by atoms with Crippen LogP contribution in [0.3, 0.4) is 0 Å². The monoisotopic (exact) mass is 220 g/mol. The summed E-state index contributed by atoms with van der Waals surface area (Å²) in [5, 5.41) is 0. The number of carbonyl (C=O) groups is 4. The average molecular weight is 220 g/mol. The van der Waals surface area contributed by atoms with Crippen LogP contribution >= 0.6 is 0 Å². The van der Waals surface area contributed by atoms with Crippen LogP contribution in [0.25, 0.3) is 0 Å². The smallest absolute Gasteiger partial charge is 0.267 e. The van der Waals surface area contributed by atoms with Gasteiger partial charge in [-0.2, -0.15) is 0 Å². The molecule has 1 aromatic rings. The van der Waals surface area contributed by atoms with E-state index in [0.717, 1.165) is 0 Å². The van der Waals surface area contributed by atoms with Crippen LogP contribution in [-0.2, 0) is 9.59 Å². The van der Waals surface area contributed by atoms with Gasteiger partial charge in [0.15, 0.2) is 0 Å². The fraction of sp³-hybridized carbons (Fsp3) is 0. The van der Waals surface area contributed by atoms with Gasteiger partial charge in [-0.25, -0.2) is 4.90 Å². The van der Waals surface area contributed by atoms with Crippen LogP contribution in [0, 0.1) is 0 Å². The van der Waals surface area contributed by atoms with Crippen molar-refractivity contribution in [2.45, 2.75) is 0 Å². The van der Waals surface area contributed by atoms with Gasteiger partial charge in [0, 0.05) is 0 Å². The molecule has 1 rings (SSSR count). The van der Waals surface area contributed by atoms with E-state index < -0.39 is 11.8 Å². The number of rotatable bonds is 4. The molecule has 1 aromatic carbocycles. The maximum atomic E-state index is 11.6. The van der Waals surface area contributed by atoms with E-state index in [2.05, 4.69) is 0 Å². The van der Waals surface area contributed by atoms with Crippen LogP contribution in [0.15, 0.2) is 24.3 Å². The first-order chi connectivity index (χ1) is 7.61. The van der Waals surface area contributed by atoms with Gasteiger partial charge >= 0.3 is 0 Å². The minimum Gasteiger partial charge on any atom is -0.366 e. The molecule has 6 nitrogen and oxygen atoms in total. The summed E-state index contributed by atoms with van der Waals surface area (Å²) in [4.78, 5) is 43.7. The molecule has 0 heterocycles. The van der Waals surface area contributed by atoms with E-state index in [1.165, 1.54) is 24.3 Å². The molecule has 2 N–H and O–H groups in total. The Morgan fingerprint density at radius 3 is 2.00 bits per heavy atom. The fourth-order valence-corrected chi connectivity index (χ4v) is 1.14. The summed E-state index contributed by atoms with van der Waals surface area (Å²) in [7, 11) is 0. The van der Waals surface area contributed by atoms with E-state index in [0.29, 0.717) is 4.90 Å². The molecule has 0 unspecified atom stereocenters. The summed E-state index contributed by atoms with van der Waals surface area (Å²) in [5.74, 6) is -1.69. The van der Waals surface area contributed by atoms with Crippen LogP contribution in [0.1, 0.15) is 20.7 Å². The molecule has 0 radical (unpaired) electrons. The summed E-state index contributed by atoms with van der Waals surface area (Å²) in [6.07, 6.45) is 0.125. The minimum absolute atomic E-state index is 0.0406. The Labute approximate surface area is 90.6 Å². The molecule has 0 atom stereocenters. The van der Waals surface area contributed by atoms with Crippen LogP contribution in [0.4, 0.5) is 0 Å². The third kappa shape index (κ3) is 2.11. The number of hydrogen-bond acceptors (Lipinski definition) is 4. The molecule has 0 saturated carbocycles. The van der Waals surface area contributed by atoms with Crippen molar-refractivity contribution in [2.75, 3.05) is 0 Å². The summed E-state index contributed by atoms with van der Waals surface area (Å²) in [6.45, 7) is 0. The van der Waals surface area contributed by atoms with Gasteiger partial charge < -0.3 is 5.73 Å². The molecule has 0 saturated heterocycles. The Hall–Kier alpha value is -2.50. The molecule has 0 aliphatic rings. The Balaban J connectivity index is 3.22. The first kappa shape index (κ1) is 11.6. The van der Waals surface area contributed by atoms with Gasteiger partial charge in [0.25, 0.3) is 5.91 Å². The van der Waals surface area contributed by atoms with Crippen molar-refractivity contribution in [1.29, 1.82) is 0 Å². The van der Waals surface area contributed by atoms with Gasteiger partial charge in [-0.15, -0.1) is 0 Å². The molecule has 4 amide bonds. The molecule has 0 aliphatic carbocycles. The maximum absolute atomic E-state index is 11.6. The van der Waals surface area contributed by atoms with Crippen molar-refractivity contribution in [3.8, 4) is 0 Å². The first-order valence-electron chi connectivity index (χ1n) is 4.24. The number of benzene rings is 1. The predicted molar refractivity (Wildman–Crippen MR) is 53.3 cm³/mol. The second kappa shape index (κ2) is 4.83. The number of nitrogens with two attached hydrogens (primary N) is 1. The third-order valence-corrected chi connectivity index (χ3v) is 1.88. The van der Waals surface area contributed by atoms with Crippen LogP contribution < -0.4 is 5.73 Å². The minimum atomic E-state index is -0.889. The SMILES string of the molecule is NC(=O)c1ccccc1C(=O)N(C=O)C=O. The van der Waals surface area contributed by atoms with Gasteiger partial charge in [0.05, 0.1) is 11.1 Å². The van der Waals surface area contributed by atoms with Crippen LogP contribution in [-0.4, -0.2) is 29.5 Å². The third-order valence-electron chi connectivity index (χ3n) is 1.88. The van der Waals surface area contributed by atoms with E-state index in [1.807, 2.05) is 0 Å². The van der Waals surface area contributed by atoms with Crippen LogP contribution in [0.5, 0.6) is 0 Å². The standard InChI is InChI=1S/C10H8N2O4/c11-9(15)7-3-1-2-4-8(7)10(16)12(5-13)6-14/h1-6H,(H2,11,15). The number of nitrogens with zero attached hydrogens (tertiary/aromatic N) is 1. The van der Waals surface area contributed by atoms with E-state index in [-0.39, 0.29) is 23.9 Å². The normalized spacial score (nSPS) is 9.25. The highest BCUT2D eigenvalue weighted by atomic mass is 16.2. The molecule has 6 heteroatoms. The number of primary amides is 1. The van der Waals surface area contributed by atoms with E-state index >= 15 is 0 Å². The lowest BCUT2D eigenvalue weighted by atomic mass is 10.1. The molecule has 0 fully saturated rings. The fourth-order valence-electron chi connectivity index (χ4n) is 1.14. The number of amides is 4. The quantitative estimate of drug-likeness (QED) is 0.694. The second-order valence-electron chi connectivity index (χ2n) is 2.83. The van der Waals surface area contributed by atoms with Crippen molar-refractivity contribution < 1.29 is 19.2 Å². The molecule has 82 valence electrons. The van der Waals surface area contributed by atoms with Crippen molar-refractivity contribution in [1.82, 2.24) is 4.90 Å². The summed E-state index contributed by atoms with van der Waals surface area (Å²) >= 11 is 0. The van der Waals surface area contributed by atoms with Gasteiger partial charge in [-0.05, 0) is 12.1 Å². The second-order valence-corrected chi connectivity index (χ2v) is 2.83. The topological polar surface area (TPSA) is 97.5 Å². The molecule has 0 spiro atoms. The molecular weight excluding hydrogens is 212 g/mol. The lowest BCUT2D eigenvalue weighted by Crippen LogP contribution is -2.30. The van der Waals surface area contributed by atoms with E-state index in [4.69, 9.17) is 5.73 Å². The van der Waals surface area contributed by atoms with Gasteiger partial charge in [0.2, 0.25) is 18.7 Å². The largest absolute Gasteiger partial charge is 0.366 e. The maximum Gasteiger partial charge on any atom is 0.267 e. The highest BCUT2D eigenvalue weighted by molar-refractivity contribution is 6.12. The van der Waals surface area contributed by atoms with Gasteiger partial charge in [-0.1, -0.05) is 12.1 Å². The van der Waals surface area contributed by atoms with E-state index in [1.54, 1.807) is 0 Å². The zero-order chi connectivity index (χ0) is 12.1. The highest BCUT2D eigenvalue weighted by Crippen LogP contribution is 2.09. The van der Waals surface area contributed by atoms with Crippen LogP contribution in [0.2, 0.25) is 0 Å². The van der Waals surface area contributed by atoms with Gasteiger partial charge in [0.1, 0.15) is 0 Å². The molecule has 0 aliphatic heterocycles. The Morgan fingerprint density at radius 2 is 1.56 bits per heavy atom. The number of hydrogen-bond donors (Lipinski definition) is 1. The lowest BCUT2D eigenvalue weighted by molar-refractivity contribution is -0.126. The number of imide groups is 3. The van der Waals surface area contributed by atoms with Crippen molar-refractivity contribution >= 4 is 24.6 Å². The Kier molecular flexibility index (Phi) is 3.49. The molecular formula is C10H8N2O4. The van der Waals surface area contributed by atoms with E-state index in [9.17, 15) is 19.2 Å². The zero-order valence-corrected chi connectivity index (χ0v) is 8.12. The molecule has 0 bridgehead atoms. The Bertz CT molecular complexity index is 448.